The van der Waals surface area contributed by atoms with Crippen molar-refractivity contribution in [1.82, 2.24) is 19.6 Å². The lowest BCUT2D eigenvalue weighted by molar-refractivity contribution is -0.133. The van der Waals surface area contributed by atoms with Crippen LogP contribution in [-0.4, -0.2) is 46.2 Å². The predicted octanol–water partition coefficient (Wildman–Crippen LogP) is 4.19. The van der Waals surface area contributed by atoms with Gasteiger partial charge in [-0.2, -0.15) is 5.10 Å². The third-order valence-corrected chi connectivity index (χ3v) is 6.11. The summed E-state index contributed by atoms with van der Waals surface area (Å²) in [6.45, 7) is 6.59. The number of nitrogens with zero attached hydrogens (tertiary/aromatic N) is 4. The Morgan fingerprint density at radius 2 is 1.91 bits per heavy atom. The van der Waals surface area contributed by atoms with Crippen molar-refractivity contribution in [2.24, 2.45) is 5.92 Å². The Kier molecular flexibility index (Phi) is 6.79. The van der Waals surface area contributed by atoms with Gasteiger partial charge in [0.05, 0.1) is 25.0 Å². The van der Waals surface area contributed by atoms with Crippen molar-refractivity contribution in [3.63, 3.8) is 0 Å². The smallest absolute Gasteiger partial charge is 0.225 e. The number of para-hydroxylation sites is 2. The highest BCUT2D eigenvalue weighted by Crippen LogP contribution is 2.30. The molecule has 1 aromatic heterocycles. The van der Waals surface area contributed by atoms with E-state index in [2.05, 4.69) is 4.90 Å². The van der Waals surface area contributed by atoms with Crippen molar-refractivity contribution >= 4 is 5.91 Å². The van der Waals surface area contributed by atoms with Crippen LogP contribution in [0, 0.1) is 11.7 Å². The Morgan fingerprint density at radius 3 is 2.61 bits per heavy atom. The monoisotopic (exact) mass is 450 g/mol. The van der Waals surface area contributed by atoms with Gasteiger partial charge in [-0.05, 0) is 29.8 Å². The predicted molar refractivity (Wildman–Crippen MR) is 126 cm³/mol. The van der Waals surface area contributed by atoms with Crippen LogP contribution in [0.15, 0.2) is 48.5 Å². The maximum absolute atomic E-state index is 13.3. The summed E-state index contributed by atoms with van der Waals surface area (Å²) in [6, 6.07) is 14.5. The lowest BCUT2D eigenvalue weighted by Crippen LogP contribution is -2.33. The van der Waals surface area contributed by atoms with Gasteiger partial charge in [-0.3, -0.25) is 9.69 Å². The molecule has 0 aliphatic carbocycles. The van der Waals surface area contributed by atoms with E-state index in [9.17, 15) is 9.18 Å². The number of aromatic nitrogens is 2. The number of benzene rings is 2. The first-order valence-corrected chi connectivity index (χ1v) is 11.3. The molecule has 2 aromatic carbocycles. The van der Waals surface area contributed by atoms with E-state index < -0.39 is 0 Å². The van der Waals surface area contributed by atoms with Gasteiger partial charge < -0.3 is 9.64 Å². The summed E-state index contributed by atoms with van der Waals surface area (Å²) in [5.74, 6) is 0.555. The maximum Gasteiger partial charge on any atom is 0.225 e. The minimum Gasteiger partial charge on any atom is -0.494 e. The maximum atomic E-state index is 13.3. The van der Waals surface area contributed by atoms with Crippen molar-refractivity contribution in [2.75, 3.05) is 20.7 Å². The van der Waals surface area contributed by atoms with Crippen LogP contribution in [0.25, 0.3) is 5.69 Å². The van der Waals surface area contributed by atoms with E-state index in [-0.39, 0.29) is 17.6 Å². The first kappa shape index (κ1) is 23.0. The van der Waals surface area contributed by atoms with Gasteiger partial charge in [0.1, 0.15) is 17.3 Å². The molecule has 0 unspecified atom stereocenters. The molecule has 0 atom stereocenters. The molecule has 174 valence electrons. The molecule has 7 heteroatoms. The van der Waals surface area contributed by atoms with Gasteiger partial charge in [0.2, 0.25) is 5.91 Å². The average Bonchev–Trinajstić information content (AvgIpc) is 3.17. The van der Waals surface area contributed by atoms with Crippen LogP contribution < -0.4 is 4.74 Å². The Morgan fingerprint density at radius 1 is 1.18 bits per heavy atom. The Labute approximate surface area is 194 Å². The lowest BCUT2D eigenvalue weighted by atomic mass is 10.0. The van der Waals surface area contributed by atoms with E-state index in [1.807, 2.05) is 62.0 Å². The minimum absolute atomic E-state index is 0.0721. The summed E-state index contributed by atoms with van der Waals surface area (Å²) in [6.07, 6.45) is 0.823. The molecule has 1 aliphatic rings. The van der Waals surface area contributed by atoms with E-state index in [1.165, 1.54) is 12.1 Å². The van der Waals surface area contributed by atoms with E-state index in [0.717, 1.165) is 60.0 Å². The SMILES string of the molecule is COc1ccccc1-n1nc(CN(C)C(=O)C(C)C)c2c1CCN(Cc1ccc(F)cc1)C2. The van der Waals surface area contributed by atoms with Crippen molar-refractivity contribution in [2.45, 2.75) is 39.9 Å². The molecule has 0 N–H and O–H groups in total. The van der Waals surface area contributed by atoms with Crippen LogP contribution in [0.1, 0.15) is 36.4 Å². The van der Waals surface area contributed by atoms with E-state index in [1.54, 1.807) is 12.0 Å². The van der Waals surface area contributed by atoms with Crippen LogP contribution in [0.2, 0.25) is 0 Å². The molecular formula is C26H31FN4O2. The van der Waals surface area contributed by atoms with Gasteiger partial charge in [0.15, 0.2) is 0 Å². The number of rotatable bonds is 7. The Hall–Kier alpha value is -3.19. The van der Waals surface area contributed by atoms with Crippen LogP contribution in [0.4, 0.5) is 4.39 Å². The molecule has 3 aromatic rings. The zero-order chi connectivity index (χ0) is 23.5. The zero-order valence-corrected chi connectivity index (χ0v) is 19.7. The number of carbonyl (C=O) groups is 1. The number of methoxy groups -OCH3 is 1. The molecule has 1 aliphatic heterocycles. The minimum atomic E-state index is -0.224. The Bertz CT molecular complexity index is 1120. The summed E-state index contributed by atoms with van der Waals surface area (Å²) in [7, 11) is 3.49. The van der Waals surface area contributed by atoms with Gasteiger partial charge >= 0.3 is 0 Å². The van der Waals surface area contributed by atoms with Crippen molar-refractivity contribution in [3.8, 4) is 11.4 Å². The van der Waals surface area contributed by atoms with Crippen LogP contribution in [0.3, 0.4) is 0 Å². The second kappa shape index (κ2) is 9.75. The fourth-order valence-corrected chi connectivity index (χ4v) is 4.40. The van der Waals surface area contributed by atoms with Gasteiger partial charge in [-0.1, -0.05) is 38.1 Å². The first-order valence-electron chi connectivity index (χ1n) is 11.3. The standard InChI is InChI=1S/C26H31FN4O2/c1-18(2)26(32)29(3)17-22-21-16-30(15-19-9-11-20(27)12-10-19)14-13-23(21)31(28-22)24-7-5-6-8-25(24)33-4/h5-12,18H,13-17H2,1-4H3. The molecule has 4 rings (SSSR count). The normalized spacial score (nSPS) is 13.8. The van der Waals surface area contributed by atoms with Crippen LogP contribution in [-0.2, 0) is 30.8 Å². The average molecular weight is 451 g/mol. The van der Waals surface area contributed by atoms with E-state index in [0.29, 0.717) is 6.54 Å². The van der Waals surface area contributed by atoms with Gasteiger partial charge in [0.25, 0.3) is 0 Å². The summed E-state index contributed by atoms with van der Waals surface area (Å²) in [4.78, 5) is 16.6. The number of hydrogen-bond donors (Lipinski definition) is 0. The summed E-state index contributed by atoms with van der Waals surface area (Å²) in [5.41, 5.74) is 5.17. The molecular weight excluding hydrogens is 419 g/mol. The molecule has 1 amide bonds. The molecule has 33 heavy (non-hydrogen) atoms. The number of ether oxygens (including phenoxy) is 1. The number of hydrogen-bond acceptors (Lipinski definition) is 4. The molecule has 0 saturated carbocycles. The van der Waals surface area contributed by atoms with Gasteiger partial charge in [-0.15, -0.1) is 0 Å². The quantitative estimate of drug-likeness (QED) is 0.542. The van der Waals surface area contributed by atoms with Gasteiger partial charge in [-0.25, -0.2) is 9.07 Å². The summed E-state index contributed by atoms with van der Waals surface area (Å²) in [5, 5.41) is 4.97. The van der Waals surface area contributed by atoms with E-state index >= 15 is 0 Å². The molecule has 0 saturated heterocycles. The second-order valence-corrected chi connectivity index (χ2v) is 8.89. The first-order chi connectivity index (χ1) is 15.9. The summed E-state index contributed by atoms with van der Waals surface area (Å²) < 4.78 is 20.9. The molecule has 2 heterocycles. The third-order valence-electron chi connectivity index (χ3n) is 6.11. The second-order valence-electron chi connectivity index (χ2n) is 8.89. The fourth-order valence-electron chi connectivity index (χ4n) is 4.40. The number of halogens is 1. The number of fused-ring (bicyclic) bond motifs is 1. The highest BCUT2D eigenvalue weighted by Gasteiger charge is 2.28. The fraction of sp³-hybridized carbons (Fsp3) is 0.385. The van der Waals surface area contributed by atoms with Crippen molar-refractivity contribution in [3.05, 3.63) is 76.9 Å². The largest absolute Gasteiger partial charge is 0.494 e. The lowest BCUT2D eigenvalue weighted by Gasteiger charge is -2.28. The number of carbonyl (C=O) groups excluding carboxylic acids is 1. The third kappa shape index (κ3) is 4.93. The molecule has 6 nitrogen and oxygen atoms in total. The van der Waals surface area contributed by atoms with Crippen molar-refractivity contribution in [1.29, 1.82) is 0 Å². The van der Waals surface area contributed by atoms with Crippen LogP contribution >= 0.6 is 0 Å². The topological polar surface area (TPSA) is 50.6 Å². The zero-order valence-electron chi connectivity index (χ0n) is 19.7. The van der Waals surface area contributed by atoms with Crippen molar-refractivity contribution < 1.29 is 13.9 Å². The van der Waals surface area contributed by atoms with Crippen LogP contribution in [0.5, 0.6) is 5.75 Å². The molecule has 0 bridgehead atoms. The molecule has 0 radical (unpaired) electrons. The van der Waals surface area contributed by atoms with E-state index in [4.69, 9.17) is 9.84 Å². The highest BCUT2D eigenvalue weighted by molar-refractivity contribution is 5.77. The molecule has 0 spiro atoms. The Balaban J connectivity index is 1.68. The highest BCUT2D eigenvalue weighted by atomic mass is 19.1. The van der Waals surface area contributed by atoms with Gasteiger partial charge in [0, 0.05) is 44.6 Å². The molecule has 0 fully saturated rings. The summed E-state index contributed by atoms with van der Waals surface area (Å²) >= 11 is 0. The number of amides is 1.